The van der Waals surface area contributed by atoms with E-state index < -0.39 is 6.10 Å². The van der Waals surface area contributed by atoms with Crippen molar-refractivity contribution in [3.8, 4) is 5.75 Å². The Morgan fingerprint density at radius 2 is 2.16 bits per heavy atom. The van der Waals surface area contributed by atoms with Crippen LogP contribution in [0.25, 0.3) is 0 Å². The van der Waals surface area contributed by atoms with E-state index in [0.717, 1.165) is 6.42 Å². The molecule has 4 nitrogen and oxygen atoms in total. The van der Waals surface area contributed by atoms with Crippen molar-refractivity contribution >= 4 is 22.4 Å². The number of rotatable bonds is 5. The number of nitrogens with zero attached hydrogens (tertiary/aromatic N) is 1. The Bertz CT molecular complexity index is 523. The second-order valence-electron chi connectivity index (χ2n) is 4.08. The second kappa shape index (κ2) is 6.33. The molecule has 0 fully saturated rings. The Morgan fingerprint density at radius 3 is 2.74 bits per heavy atom. The third-order valence-electron chi connectivity index (χ3n) is 2.68. The molecule has 1 aromatic heterocycles. The zero-order chi connectivity index (χ0) is 13.7. The van der Waals surface area contributed by atoms with E-state index in [1.165, 1.54) is 16.9 Å². The fourth-order valence-corrected chi connectivity index (χ4v) is 2.09. The number of aryl methyl sites for hydroxylation is 1. The number of anilines is 1. The molecule has 0 unspecified atom stereocenters. The molecule has 19 heavy (non-hydrogen) atoms. The summed E-state index contributed by atoms with van der Waals surface area (Å²) in [5.74, 6) is 0.494. The Hall–Kier alpha value is -1.88. The van der Waals surface area contributed by atoms with E-state index in [0.29, 0.717) is 10.9 Å². The van der Waals surface area contributed by atoms with Crippen molar-refractivity contribution in [3.63, 3.8) is 0 Å². The first-order valence-corrected chi connectivity index (χ1v) is 7.03. The van der Waals surface area contributed by atoms with E-state index in [1.54, 1.807) is 13.1 Å². The SMILES string of the molecule is CCc1ccc(O[C@H](C)C(=O)Nc2nccs2)cc1. The average molecular weight is 276 g/mol. The van der Waals surface area contributed by atoms with Crippen LogP contribution in [-0.4, -0.2) is 17.0 Å². The zero-order valence-electron chi connectivity index (χ0n) is 10.9. The number of hydrogen-bond donors (Lipinski definition) is 1. The topological polar surface area (TPSA) is 51.2 Å². The van der Waals surface area contributed by atoms with Crippen LogP contribution in [-0.2, 0) is 11.2 Å². The molecule has 0 aliphatic heterocycles. The lowest BCUT2D eigenvalue weighted by Crippen LogP contribution is -2.30. The summed E-state index contributed by atoms with van der Waals surface area (Å²) < 4.78 is 5.59. The molecule has 1 amide bonds. The van der Waals surface area contributed by atoms with Crippen LogP contribution in [0.15, 0.2) is 35.8 Å². The molecule has 0 spiro atoms. The van der Waals surface area contributed by atoms with Crippen molar-refractivity contribution < 1.29 is 9.53 Å². The second-order valence-corrected chi connectivity index (χ2v) is 4.98. The molecule has 5 heteroatoms. The lowest BCUT2D eigenvalue weighted by atomic mass is 10.2. The fraction of sp³-hybridized carbons (Fsp3) is 0.286. The fourth-order valence-electron chi connectivity index (χ4n) is 1.55. The van der Waals surface area contributed by atoms with Gasteiger partial charge in [0.1, 0.15) is 5.75 Å². The van der Waals surface area contributed by atoms with Gasteiger partial charge in [-0.05, 0) is 31.0 Å². The highest BCUT2D eigenvalue weighted by Crippen LogP contribution is 2.16. The summed E-state index contributed by atoms with van der Waals surface area (Å²) in [4.78, 5) is 15.9. The number of aromatic nitrogens is 1. The highest BCUT2D eigenvalue weighted by atomic mass is 32.1. The van der Waals surface area contributed by atoms with Crippen molar-refractivity contribution in [2.75, 3.05) is 5.32 Å². The number of carbonyl (C=O) groups is 1. The molecule has 0 aliphatic carbocycles. The molecule has 1 atom stereocenters. The summed E-state index contributed by atoms with van der Waals surface area (Å²) in [7, 11) is 0. The van der Waals surface area contributed by atoms with Crippen LogP contribution in [0.2, 0.25) is 0 Å². The zero-order valence-corrected chi connectivity index (χ0v) is 11.7. The number of benzene rings is 1. The van der Waals surface area contributed by atoms with Gasteiger partial charge < -0.3 is 4.74 Å². The summed E-state index contributed by atoms with van der Waals surface area (Å²) in [6.45, 7) is 3.82. The van der Waals surface area contributed by atoms with Gasteiger partial charge >= 0.3 is 0 Å². The van der Waals surface area contributed by atoms with Gasteiger partial charge in [0.05, 0.1) is 0 Å². The van der Waals surface area contributed by atoms with Gasteiger partial charge in [-0.2, -0.15) is 0 Å². The number of carbonyl (C=O) groups excluding carboxylic acids is 1. The molecule has 2 rings (SSSR count). The van der Waals surface area contributed by atoms with Gasteiger partial charge in [0.15, 0.2) is 11.2 Å². The highest BCUT2D eigenvalue weighted by molar-refractivity contribution is 7.13. The summed E-state index contributed by atoms with van der Waals surface area (Å²) in [5.41, 5.74) is 1.24. The predicted octanol–water partition coefficient (Wildman–Crippen LogP) is 3.11. The van der Waals surface area contributed by atoms with Crippen LogP contribution in [0, 0.1) is 0 Å². The number of hydrogen-bond acceptors (Lipinski definition) is 4. The van der Waals surface area contributed by atoms with Crippen molar-refractivity contribution in [3.05, 3.63) is 41.4 Å². The van der Waals surface area contributed by atoms with Gasteiger partial charge in [-0.1, -0.05) is 19.1 Å². The number of thiazole rings is 1. The number of ether oxygens (including phenoxy) is 1. The minimum absolute atomic E-state index is 0.200. The van der Waals surface area contributed by atoms with Gasteiger partial charge in [-0.3, -0.25) is 10.1 Å². The minimum atomic E-state index is -0.559. The maximum Gasteiger partial charge on any atom is 0.266 e. The Kier molecular flexibility index (Phi) is 4.52. The third kappa shape index (κ3) is 3.79. The van der Waals surface area contributed by atoms with Crippen LogP contribution >= 0.6 is 11.3 Å². The van der Waals surface area contributed by atoms with Crippen molar-refractivity contribution in [2.45, 2.75) is 26.4 Å². The normalized spacial score (nSPS) is 11.9. The molecular formula is C14H16N2O2S. The third-order valence-corrected chi connectivity index (χ3v) is 3.36. The monoisotopic (exact) mass is 276 g/mol. The van der Waals surface area contributed by atoms with E-state index in [2.05, 4.69) is 17.2 Å². The molecule has 0 saturated heterocycles. The molecule has 0 aliphatic rings. The minimum Gasteiger partial charge on any atom is -0.481 e. The molecule has 0 saturated carbocycles. The van der Waals surface area contributed by atoms with Crippen LogP contribution in [0.4, 0.5) is 5.13 Å². The van der Waals surface area contributed by atoms with Crippen molar-refractivity contribution in [1.82, 2.24) is 4.98 Å². The standard InChI is InChI=1S/C14H16N2O2S/c1-3-11-4-6-12(7-5-11)18-10(2)13(17)16-14-15-8-9-19-14/h4-10H,3H2,1-2H3,(H,15,16,17)/t10-/m1/s1. The first-order valence-electron chi connectivity index (χ1n) is 6.15. The van der Waals surface area contributed by atoms with Crippen LogP contribution in [0.5, 0.6) is 5.75 Å². The largest absolute Gasteiger partial charge is 0.481 e. The lowest BCUT2D eigenvalue weighted by molar-refractivity contribution is -0.122. The van der Waals surface area contributed by atoms with Crippen molar-refractivity contribution in [2.24, 2.45) is 0 Å². The van der Waals surface area contributed by atoms with Crippen LogP contribution in [0.3, 0.4) is 0 Å². The summed E-state index contributed by atoms with van der Waals surface area (Å²) in [5, 5.41) is 5.10. The molecule has 0 radical (unpaired) electrons. The highest BCUT2D eigenvalue weighted by Gasteiger charge is 2.15. The number of nitrogens with one attached hydrogen (secondary N) is 1. The quantitative estimate of drug-likeness (QED) is 0.913. The van der Waals surface area contributed by atoms with Gasteiger partial charge in [-0.15, -0.1) is 11.3 Å². The molecule has 0 bridgehead atoms. The first-order chi connectivity index (χ1) is 9.19. The Labute approximate surface area is 116 Å². The molecule has 1 heterocycles. The molecular weight excluding hydrogens is 260 g/mol. The molecule has 1 aromatic carbocycles. The Morgan fingerprint density at radius 1 is 1.42 bits per heavy atom. The van der Waals surface area contributed by atoms with Crippen LogP contribution < -0.4 is 10.1 Å². The van der Waals surface area contributed by atoms with Gasteiger partial charge in [0.25, 0.3) is 5.91 Å². The van der Waals surface area contributed by atoms with Gasteiger partial charge in [-0.25, -0.2) is 4.98 Å². The predicted molar refractivity (Wildman–Crippen MR) is 76.7 cm³/mol. The molecule has 1 N–H and O–H groups in total. The lowest BCUT2D eigenvalue weighted by Gasteiger charge is -2.13. The maximum absolute atomic E-state index is 11.9. The van der Waals surface area contributed by atoms with E-state index >= 15 is 0 Å². The molecule has 100 valence electrons. The van der Waals surface area contributed by atoms with E-state index in [-0.39, 0.29) is 5.91 Å². The van der Waals surface area contributed by atoms with Gasteiger partial charge in [0.2, 0.25) is 0 Å². The average Bonchev–Trinajstić information content (AvgIpc) is 2.92. The summed E-state index contributed by atoms with van der Waals surface area (Å²) >= 11 is 1.38. The van der Waals surface area contributed by atoms with Gasteiger partial charge in [0, 0.05) is 11.6 Å². The van der Waals surface area contributed by atoms with E-state index in [9.17, 15) is 4.79 Å². The van der Waals surface area contributed by atoms with E-state index in [4.69, 9.17) is 4.74 Å². The van der Waals surface area contributed by atoms with E-state index in [1.807, 2.05) is 29.6 Å². The van der Waals surface area contributed by atoms with Crippen LogP contribution in [0.1, 0.15) is 19.4 Å². The smallest absolute Gasteiger partial charge is 0.266 e. The maximum atomic E-state index is 11.9. The summed E-state index contributed by atoms with van der Waals surface area (Å²) in [6.07, 6.45) is 2.08. The first kappa shape index (κ1) is 13.5. The summed E-state index contributed by atoms with van der Waals surface area (Å²) in [6, 6.07) is 7.76. The Balaban J connectivity index is 1.92. The number of amides is 1. The van der Waals surface area contributed by atoms with Crippen molar-refractivity contribution in [1.29, 1.82) is 0 Å². The molecule has 2 aromatic rings.